The number of likely N-dealkylation sites (tertiary alicyclic amines) is 1. The van der Waals surface area contributed by atoms with E-state index >= 15 is 0 Å². The Labute approximate surface area is 167 Å². The van der Waals surface area contributed by atoms with Crippen LogP contribution >= 0.6 is 0 Å². The molecule has 2 heterocycles. The second-order valence-corrected chi connectivity index (χ2v) is 7.93. The van der Waals surface area contributed by atoms with Crippen molar-refractivity contribution in [3.63, 3.8) is 0 Å². The van der Waals surface area contributed by atoms with Gasteiger partial charge in [0.15, 0.2) is 5.60 Å². The highest BCUT2D eigenvalue weighted by atomic mass is 16.6. The average molecular weight is 392 g/mol. The van der Waals surface area contributed by atoms with Crippen molar-refractivity contribution in [3.8, 4) is 5.75 Å². The van der Waals surface area contributed by atoms with Crippen LogP contribution in [0, 0.1) is 0 Å². The second-order valence-electron chi connectivity index (χ2n) is 7.93. The summed E-state index contributed by atoms with van der Waals surface area (Å²) in [5.74, 6) is 0.0820. The zero-order chi connectivity index (χ0) is 20.2. The number of carbonyl (C=O) groups is 3. The Bertz CT molecular complexity index is 1030. The third-order valence-electron chi connectivity index (χ3n) is 6.23. The molecule has 7 nitrogen and oxygen atoms in total. The Balaban J connectivity index is 1.37. The molecule has 2 N–H and O–H groups in total. The first-order valence-corrected chi connectivity index (χ1v) is 9.64. The first-order chi connectivity index (χ1) is 13.9. The van der Waals surface area contributed by atoms with Crippen LogP contribution in [0.5, 0.6) is 5.75 Å². The summed E-state index contributed by atoms with van der Waals surface area (Å²) in [5.41, 5.74) is 6.10. The van der Waals surface area contributed by atoms with E-state index in [1.807, 2.05) is 23.1 Å². The number of fused-ring (bicyclic) bond motifs is 2. The van der Waals surface area contributed by atoms with Crippen LogP contribution in [-0.2, 0) is 20.5 Å². The maximum absolute atomic E-state index is 13.4. The zero-order valence-corrected chi connectivity index (χ0v) is 15.7. The lowest BCUT2D eigenvalue weighted by atomic mass is 9.91. The highest BCUT2D eigenvalue weighted by molar-refractivity contribution is 5.96. The van der Waals surface area contributed by atoms with Crippen molar-refractivity contribution in [3.05, 3.63) is 65.2 Å². The Hall–Kier alpha value is -3.35. The van der Waals surface area contributed by atoms with Gasteiger partial charge in [-0.2, -0.15) is 0 Å². The number of esters is 1. The molecule has 2 fully saturated rings. The van der Waals surface area contributed by atoms with Crippen molar-refractivity contribution in [1.82, 2.24) is 4.90 Å². The van der Waals surface area contributed by atoms with Gasteiger partial charge in [0.1, 0.15) is 5.75 Å². The summed E-state index contributed by atoms with van der Waals surface area (Å²) < 4.78 is 10.6. The van der Waals surface area contributed by atoms with Gasteiger partial charge in [0.25, 0.3) is 0 Å². The van der Waals surface area contributed by atoms with E-state index in [9.17, 15) is 14.4 Å². The molecule has 1 unspecified atom stereocenters. The van der Waals surface area contributed by atoms with Crippen LogP contribution in [0.2, 0.25) is 0 Å². The molecule has 0 aromatic heterocycles. The van der Waals surface area contributed by atoms with Gasteiger partial charge in [0, 0.05) is 18.5 Å². The van der Waals surface area contributed by atoms with E-state index in [0.717, 1.165) is 24.0 Å². The zero-order valence-electron chi connectivity index (χ0n) is 15.7. The fourth-order valence-electron chi connectivity index (χ4n) is 4.62. The van der Waals surface area contributed by atoms with Gasteiger partial charge in [-0.15, -0.1) is 0 Å². The smallest absolute Gasteiger partial charge is 0.409 e. The number of benzene rings is 2. The van der Waals surface area contributed by atoms with Crippen molar-refractivity contribution in [2.24, 2.45) is 5.73 Å². The summed E-state index contributed by atoms with van der Waals surface area (Å²) in [4.78, 5) is 38.4. The van der Waals surface area contributed by atoms with Gasteiger partial charge < -0.3 is 20.1 Å². The highest BCUT2D eigenvalue weighted by Crippen LogP contribution is 2.52. The number of carbonyl (C=O) groups excluding carboxylic acids is 3. The first kappa shape index (κ1) is 17.7. The standard InChI is InChI=1S/C22H20N2O5/c23-20(27)28-15-7-5-14(6-8-15)21(9-10-21)19(26)24-12-11-22(13-24)17-4-2-1-3-16(17)18(25)29-22/h1-8H,9-13H2,(H2,23,27). The lowest BCUT2D eigenvalue weighted by Gasteiger charge is -2.27. The third-order valence-corrected chi connectivity index (χ3v) is 6.23. The van der Waals surface area contributed by atoms with Gasteiger partial charge in [-0.3, -0.25) is 4.79 Å². The minimum absolute atomic E-state index is 0.0541. The second kappa shape index (κ2) is 6.07. The van der Waals surface area contributed by atoms with E-state index in [4.69, 9.17) is 15.2 Å². The summed E-state index contributed by atoms with van der Waals surface area (Å²) in [5, 5.41) is 0. The van der Waals surface area contributed by atoms with Gasteiger partial charge in [0.05, 0.1) is 17.5 Å². The Morgan fingerprint density at radius 1 is 1.03 bits per heavy atom. The SMILES string of the molecule is NC(=O)Oc1ccc(C2(C(=O)N3CCC4(C3)OC(=O)c3ccccc34)CC2)cc1. The minimum atomic E-state index is -0.872. The summed E-state index contributed by atoms with van der Waals surface area (Å²) in [6.07, 6.45) is 1.26. The van der Waals surface area contributed by atoms with Crippen LogP contribution in [-0.4, -0.2) is 36.0 Å². The Kier molecular flexibility index (Phi) is 3.71. The van der Waals surface area contributed by atoms with Crippen molar-refractivity contribution < 1.29 is 23.9 Å². The van der Waals surface area contributed by atoms with Crippen molar-refractivity contribution in [2.75, 3.05) is 13.1 Å². The molecule has 3 aliphatic rings. The summed E-state index contributed by atoms with van der Waals surface area (Å²) in [6, 6.07) is 14.3. The summed E-state index contributed by atoms with van der Waals surface area (Å²) in [7, 11) is 0. The number of ether oxygens (including phenoxy) is 2. The molecule has 1 saturated heterocycles. The predicted octanol–water partition coefficient (Wildman–Crippen LogP) is 2.47. The largest absolute Gasteiger partial charge is 0.449 e. The molecule has 2 aliphatic heterocycles. The van der Waals surface area contributed by atoms with Gasteiger partial charge >= 0.3 is 12.1 Å². The Morgan fingerprint density at radius 2 is 1.76 bits per heavy atom. The van der Waals surface area contributed by atoms with Crippen LogP contribution in [0.25, 0.3) is 0 Å². The average Bonchev–Trinajstić information content (AvgIpc) is 3.34. The van der Waals surface area contributed by atoms with Gasteiger partial charge in [-0.1, -0.05) is 30.3 Å². The molecule has 0 radical (unpaired) electrons. The molecule has 29 heavy (non-hydrogen) atoms. The number of primary amides is 1. The molecular weight excluding hydrogens is 372 g/mol. The maximum atomic E-state index is 13.4. The molecule has 7 heteroatoms. The molecule has 1 atom stereocenters. The van der Waals surface area contributed by atoms with Crippen molar-refractivity contribution in [1.29, 1.82) is 0 Å². The summed E-state index contributed by atoms with van der Waals surface area (Å²) >= 11 is 0. The van der Waals surface area contributed by atoms with Crippen LogP contribution in [0.1, 0.15) is 40.7 Å². The van der Waals surface area contributed by atoms with Crippen LogP contribution in [0.15, 0.2) is 48.5 Å². The number of nitrogens with zero attached hydrogens (tertiary/aromatic N) is 1. The first-order valence-electron chi connectivity index (χ1n) is 9.64. The molecular formula is C22H20N2O5. The fraction of sp³-hybridized carbons (Fsp3) is 0.318. The molecule has 148 valence electrons. The number of amides is 2. The number of nitrogens with two attached hydrogens (primary N) is 1. The maximum Gasteiger partial charge on any atom is 0.409 e. The summed E-state index contributed by atoms with van der Waals surface area (Å²) in [6.45, 7) is 0.921. The molecule has 0 bridgehead atoms. The van der Waals surface area contributed by atoms with E-state index in [1.54, 1.807) is 30.3 Å². The molecule has 1 aliphatic carbocycles. The number of hydrogen-bond acceptors (Lipinski definition) is 5. The predicted molar refractivity (Wildman–Crippen MR) is 102 cm³/mol. The molecule has 1 spiro atoms. The van der Waals surface area contributed by atoms with E-state index in [-0.39, 0.29) is 11.9 Å². The fourth-order valence-corrected chi connectivity index (χ4v) is 4.62. The number of hydrogen-bond donors (Lipinski definition) is 1. The minimum Gasteiger partial charge on any atom is -0.449 e. The van der Waals surface area contributed by atoms with Crippen molar-refractivity contribution >= 4 is 18.0 Å². The third kappa shape index (κ3) is 2.68. The Morgan fingerprint density at radius 3 is 2.45 bits per heavy atom. The molecule has 2 aromatic rings. The molecule has 1 saturated carbocycles. The van der Waals surface area contributed by atoms with Crippen LogP contribution in [0.3, 0.4) is 0 Å². The molecule has 2 aromatic carbocycles. The van der Waals surface area contributed by atoms with Gasteiger partial charge in [-0.05, 0) is 36.6 Å². The quantitative estimate of drug-likeness (QED) is 0.809. The van der Waals surface area contributed by atoms with E-state index in [2.05, 4.69) is 0 Å². The van der Waals surface area contributed by atoms with Crippen LogP contribution < -0.4 is 10.5 Å². The van der Waals surface area contributed by atoms with Gasteiger partial charge in [0.2, 0.25) is 5.91 Å². The van der Waals surface area contributed by atoms with Crippen molar-refractivity contribution in [2.45, 2.75) is 30.3 Å². The van der Waals surface area contributed by atoms with Crippen LogP contribution in [0.4, 0.5) is 4.79 Å². The monoisotopic (exact) mass is 392 g/mol. The van der Waals surface area contributed by atoms with E-state index < -0.39 is 17.1 Å². The molecule has 2 amide bonds. The van der Waals surface area contributed by atoms with E-state index in [1.165, 1.54) is 0 Å². The normalized spacial score (nSPS) is 23.6. The number of rotatable bonds is 3. The lowest BCUT2D eigenvalue weighted by molar-refractivity contribution is -0.134. The lowest BCUT2D eigenvalue weighted by Crippen LogP contribution is -2.40. The highest BCUT2D eigenvalue weighted by Gasteiger charge is 2.57. The van der Waals surface area contributed by atoms with Gasteiger partial charge in [-0.25, -0.2) is 9.59 Å². The van der Waals surface area contributed by atoms with E-state index in [0.29, 0.717) is 30.8 Å². The molecule has 5 rings (SSSR count). The topological polar surface area (TPSA) is 98.9 Å².